The van der Waals surface area contributed by atoms with Gasteiger partial charge in [0.15, 0.2) is 0 Å². The Bertz CT molecular complexity index is 494. The molecule has 2 aromatic rings. The third kappa shape index (κ3) is 2.19. The molecule has 0 aliphatic heterocycles. The van der Waals surface area contributed by atoms with E-state index in [1.165, 1.54) is 0 Å². The number of benzene rings is 2. The Morgan fingerprint density at radius 2 is 1.62 bits per heavy atom. The van der Waals surface area contributed by atoms with E-state index in [0.717, 1.165) is 16.8 Å². The molecule has 2 N–H and O–H groups in total. The summed E-state index contributed by atoms with van der Waals surface area (Å²) >= 11 is 3.31. The molecule has 0 saturated carbocycles. The van der Waals surface area contributed by atoms with Crippen molar-refractivity contribution in [3.63, 3.8) is 0 Å². The number of halogens is 1. The molecule has 3 heteroatoms. The summed E-state index contributed by atoms with van der Waals surface area (Å²) in [5.74, 6) is 0.260. The molecule has 2 aromatic carbocycles. The first-order chi connectivity index (χ1) is 7.70. The van der Waals surface area contributed by atoms with Gasteiger partial charge in [-0.3, -0.25) is 0 Å². The summed E-state index contributed by atoms with van der Waals surface area (Å²) in [7, 11) is 1.89. The first-order valence-electron chi connectivity index (χ1n) is 4.97. The van der Waals surface area contributed by atoms with E-state index in [1.807, 2.05) is 43.4 Å². The van der Waals surface area contributed by atoms with Gasteiger partial charge in [-0.05, 0) is 51.3 Å². The maximum absolute atomic E-state index is 9.42. The second kappa shape index (κ2) is 4.58. The Labute approximate surface area is 103 Å². The van der Waals surface area contributed by atoms with Crippen molar-refractivity contribution in [1.82, 2.24) is 0 Å². The predicted molar refractivity (Wildman–Crippen MR) is 70.8 cm³/mol. The highest BCUT2D eigenvalue weighted by atomic mass is 79.9. The minimum atomic E-state index is 0.260. The third-order valence-corrected chi connectivity index (χ3v) is 3.09. The van der Waals surface area contributed by atoms with Gasteiger partial charge in [0, 0.05) is 12.7 Å². The molecule has 0 fully saturated rings. The average Bonchev–Trinajstić information content (AvgIpc) is 2.33. The molecular weight excluding hydrogens is 266 g/mol. The lowest BCUT2D eigenvalue weighted by Gasteiger charge is -2.05. The molecule has 0 bridgehead atoms. The summed E-state index contributed by atoms with van der Waals surface area (Å²) in [4.78, 5) is 0. The normalized spacial score (nSPS) is 10.1. The van der Waals surface area contributed by atoms with E-state index in [9.17, 15) is 5.11 Å². The molecule has 0 spiro atoms. The number of phenols is 1. The Morgan fingerprint density at radius 1 is 1.00 bits per heavy atom. The van der Waals surface area contributed by atoms with Crippen LogP contribution in [0.1, 0.15) is 0 Å². The fourth-order valence-corrected chi connectivity index (χ4v) is 1.89. The quantitative estimate of drug-likeness (QED) is 0.874. The highest BCUT2D eigenvalue weighted by Gasteiger charge is 2.01. The smallest absolute Gasteiger partial charge is 0.129 e. The fraction of sp³-hybridized carbons (Fsp3) is 0.0769. The molecule has 2 nitrogen and oxygen atoms in total. The van der Waals surface area contributed by atoms with Gasteiger partial charge in [-0.25, -0.2) is 0 Å². The summed E-state index contributed by atoms with van der Waals surface area (Å²) in [6, 6.07) is 13.6. The highest BCUT2D eigenvalue weighted by molar-refractivity contribution is 9.10. The zero-order valence-electron chi connectivity index (χ0n) is 8.87. The first-order valence-corrected chi connectivity index (χ1v) is 5.76. The van der Waals surface area contributed by atoms with Crippen LogP contribution in [0.5, 0.6) is 5.75 Å². The maximum atomic E-state index is 9.42. The van der Waals surface area contributed by atoms with Gasteiger partial charge >= 0.3 is 0 Å². The van der Waals surface area contributed by atoms with Crippen molar-refractivity contribution < 1.29 is 5.11 Å². The van der Waals surface area contributed by atoms with Gasteiger partial charge in [0.25, 0.3) is 0 Å². The SMILES string of the molecule is CNc1ccc(-c2ccc(O)c(Br)c2)cc1. The summed E-state index contributed by atoms with van der Waals surface area (Å²) in [5, 5.41) is 12.5. The number of anilines is 1. The molecule has 0 aromatic heterocycles. The van der Waals surface area contributed by atoms with Crippen LogP contribution < -0.4 is 5.32 Å². The van der Waals surface area contributed by atoms with Crippen molar-refractivity contribution in [2.45, 2.75) is 0 Å². The lowest BCUT2D eigenvalue weighted by molar-refractivity contribution is 0.472. The molecule has 2 rings (SSSR count). The van der Waals surface area contributed by atoms with Crippen LogP contribution in [0.15, 0.2) is 46.9 Å². The van der Waals surface area contributed by atoms with E-state index < -0.39 is 0 Å². The van der Waals surface area contributed by atoms with Crippen molar-refractivity contribution in [3.05, 3.63) is 46.9 Å². The van der Waals surface area contributed by atoms with Crippen molar-refractivity contribution in [1.29, 1.82) is 0 Å². The van der Waals surface area contributed by atoms with Gasteiger partial charge in [-0.15, -0.1) is 0 Å². The molecule has 16 heavy (non-hydrogen) atoms. The number of phenolic OH excluding ortho intramolecular Hbond substituents is 1. The topological polar surface area (TPSA) is 32.3 Å². The van der Waals surface area contributed by atoms with Crippen LogP contribution in [-0.2, 0) is 0 Å². The van der Waals surface area contributed by atoms with Crippen LogP contribution in [-0.4, -0.2) is 12.2 Å². The van der Waals surface area contributed by atoms with Crippen LogP contribution in [0.25, 0.3) is 11.1 Å². The highest BCUT2D eigenvalue weighted by Crippen LogP contribution is 2.30. The van der Waals surface area contributed by atoms with Crippen LogP contribution in [0.2, 0.25) is 0 Å². The van der Waals surface area contributed by atoms with E-state index in [2.05, 4.69) is 21.2 Å². The third-order valence-electron chi connectivity index (χ3n) is 2.45. The van der Waals surface area contributed by atoms with Gasteiger partial charge in [-0.2, -0.15) is 0 Å². The Morgan fingerprint density at radius 3 is 2.19 bits per heavy atom. The zero-order valence-corrected chi connectivity index (χ0v) is 10.5. The van der Waals surface area contributed by atoms with Crippen LogP contribution >= 0.6 is 15.9 Å². The molecule has 82 valence electrons. The number of nitrogens with one attached hydrogen (secondary N) is 1. The van der Waals surface area contributed by atoms with Crippen molar-refractivity contribution in [2.75, 3.05) is 12.4 Å². The fourth-order valence-electron chi connectivity index (χ4n) is 1.52. The molecule has 0 amide bonds. The summed E-state index contributed by atoms with van der Waals surface area (Å²) in [6.07, 6.45) is 0. The Balaban J connectivity index is 2.38. The van der Waals surface area contributed by atoms with E-state index in [-0.39, 0.29) is 5.75 Å². The monoisotopic (exact) mass is 277 g/mol. The van der Waals surface area contributed by atoms with E-state index >= 15 is 0 Å². The van der Waals surface area contributed by atoms with Gasteiger partial charge in [0.2, 0.25) is 0 Å². The zero-order chi connectivity index (χ0) is 11.5. The Hall–Kier alpha value is -1.48. The van der Waals surface area contributed by atoms with Gasteiger partial charge in [0.1, 0.15) is 5.75 Å². The number of hydrogen-bond acceptors (Lipinski definition) is 2. The lowest BCUT2D eigenvalue weighted by atomic mass is 10.1. The van der Waals surface area contributed by atoms with Crippen LogP contribution in [0, 0.1) is 0 Å². The maximum Gasteiger partial charge on any atom is 0.129 e. The van der Waals surface area contributed by atoms with Gasteiger partial charge in [0.05, 0.1) is 4.47 Å². The molecule has 0 unspecified atom stereocenters. The number of hydrogen-bond donors (Lipinski definition) is 2. The number of aromatic hydroxyl groups is 1. The Kier molecular flexibility index (Phi) is 3.15. The van der Waals surface area contributed by atoms with E-state index in [0.29, 0.717) is 4.47 Å². The second-order valence-corrected chi connectivity index (χ2v) is 4.35. The number of rotatable bonds is 2. The van der Waals surface area contributed by atoms with Crippen molar-refractivity contribution in [2.24, 2.45) is 0 Å². The first kappa shape index (κ1) is 11.0. The summed E-state index contributed by atoms with van der Waals surface area (Å²) in [5.41, 5.74) is 3.29. The van der Waals surface area contributed by atoms with Crippen LogP contribution in [0.4, 0.5) is 5.69 Å². The standard InChI is InChI=1S/C13H12BrNO/c1-15-11-5-2-9(3-6-11)10-4-7-13(16)12(14)8-10/h2-8,15-16H,1H3. The van der Waals surface area contributed by atoms with E-state index in [4.69, 9.17) is 0 Å². The van der Waals surface area contributed by atoms with Crippen molar-refractivity contribution in [3.8, 4) is 16.9 Å². The molecule has 0 radical (unpaired) electrons. The van der Waals surface area contributed by atoms with Crippen LogP contribution in [0.3, 0.4) is 0 Å². The van der Waals surface area contributed by atoms with Gasteiger partial charge in [-0.1, -0.05) is 18.2 Å². The predicted octanol–water partition coefficient (Wildman–Crippen LogP) is 3.86. The molecular formula is C13H12BrNO. The molecule has 0 aliphatic carbocycles. The van der Waals surface area contributed by atoms with Crippen molar-refractivity contribution >= 4 is 21.6 Å². The lowest BCUT2D eigenvalue weighted by Crippen LogP contribution is -1.86. The second-order valence-electron chi connectivity index (χ2n) is 3.49. The van der Waals surface area contributed by atoms with E-state index in [1.54, 1.807) is 6.07 Å². The average molecular weight is 278 g/mol. The molecule has 0 aliphatic rings. The largest absolute Gasteiger partial charge is 0.507 e. The molecule has 0 saturated heterocycles. The summed E-state index contributed by atoms with van der Waals surface area (Å²) < 4.78 is 0.711. The summed E-state index contributed by atoms with van der Waals surface area (Å²) in [6.45, 7) is 0. The van der Waals surface area contributed by atoms with Gasteiger partial charge < -0.3 is 10.4 Å². The minimum Gasteiger partial charge on any atom is -0.507 e. The molecule has 0 atom stereocenters. The molecule has 0 heterocycles. The minimum absolute atomic E-state index is 0.260.